The molecule has 2 heterocycles. The molecule has 0 fully saturated rings. The SMILES string of the molecule is CCN1CNc2c1nc(CC(C)C(F)(F)F)n(-c1ccc(F)cc1)c2=O. The van der Waals surface area contributed by atoms with E-state index in [1.807, 2.05) is 6.92 Å². The van der Waals surface area contributed by atoms with Crippen LogP contribution in [0.25, 0.3) is 5.69 Å². The average molecular weight is 370 g/mol. The minimum Gasteiger partial charge on any atom is -0.360 e. The van der Waals surface area contributed by atoms with Crippen LogP contribution in [0, 0.1) is 11.7 Å². The number of aromatic nitrogens is 2. The molecule has 0 bridgehead atoms. The van der Waals surface area contributed by atoms with Gasteiger partial charge in [-0.3, -0.25) is 9.36 Å². The van der Waals surface area contributed by atoms with Crippen molar-refractivity contribution in [1.82, 2.24) is 9.55 Å². The standard InChI is InChI=1S/C17H18F4N4O/c1-3-24-9-22-14-15(24)23-13(8-10(2)17(19,20)21)25(16(14)26)12-6-4-11(18)5-7-12/h4-7,10,22H,3,8-9H2,1-2H3. The van der Waals surface area contributed by atoms with Crippen molar-refractivity contribution in [3.63, 3.8) is 0 Å². The third-order valence-electron chi connectivity index (χ3n) is 4.39. The normalized spacial score (nSPS) is 14.9. The molecule has 1 atom stereocenters. The van der Waals surface area contributed by atoms with E-state index >= 15 is 0 Å². The number of anilines is 2. The minimum atomic E-state index is -4.41. The van der Waals surface area contributed by atoms with Crippen LogP contribution in [-0.2, 0) is 6.42 Å². The monoisotopic (exact) mass is 370 g/mol. The molecule has 1 aromatic carbocycles. The predicted octanol–water partition coefficient (Wildman–Crippen LogP) is 3.32. The van der Waals surface area contributed by atoms with E-state index in [0.717, 1.165) is 23.6 Å². The van der Waals surface area contributed by atoms with Crippen molar-refractivity contribution < 1.29 is 17.6 Å². The molecule has 0 saturated heterocycles. The molecule has 0 aliphatic carbocycles. The van der Waals surface area contributed by atoms with Gasteiger partial charge in [0.25, 0.3) is 5.56 Å². The zero-order valence-corrected chi connectivity index (χ0v) is 14.3. The van der Waals surface area contributed by atoms with Gasteiger partial charge < -0.3 is 10.2 Å². The summed E-state index contributed by atoms with van der Waals surface area (Å²) in [4.78, 5) is 19.0. The summed E-state index contributed by atoms with van der Waals surface area (Å²) in [5, 5.41) is 2.94. The van der Waals surface area contributed by atoms with Crippen molar-refractivity contribution in [3.8, 4) is 5.69 Å². The van der Waals surface area contributed by atoms with Crippen LogP contribution in [0.2, 0.25) is 0 Å². The molecule has 1 aliphatic heterocycles. The molecule has 140 valence electrons. The van der Waals surface area contributed by atoms with Gasteiger partial charge in [0, 0.05) is 13.0 Å². The van der Waals surface area contributed by atoms with Gasteiger partial charge in [0.1, 0.15) is 17.3 Å². The Labute approximate surface area is 147 Å². The summed E-state index contributed by atoms with van der Waals surface area (Å²) in [5.74, 6) is -1.84. The summed E-state index contributed by atoms with van der Waals surface area (Å²) in [6.45, 7) is 3.82. The number of halogens is 4. The first kappa shape index (κ1) is 18.2. The van der Waals surface area contributed by atoms with Crippen molar-refractivity contribution in [1.29, 1.82) is 0 Å². The number of hydrogen-bond donors (Lipinski definition) is 1. The van der Waals surface area contributed by atoms with Crippen LogP contribution in [0.1, 0.15) is 19.7 Å². The van der Waals surface area contributed by atoms with Gasteiger partial charge in [-0.15, -0.1) is 0 Å². The van der Waals surface area contributed by atoms with E-state index in [1.165, 1.54) is 12.1 Å². The summed E-state index contributed by atoms with van der Waals surface area (Å²) in [7, 11) is 0. The second-order valence-corrected chi connectivity index (χ2v) is 6.18. The lowest BCUT2D eigenvalue weighted by Gasteiger charge is -2.20. The van der Waals surface area contributed by atoms with E-state index in [-0.39, 0.29) is 17.2 Å². The molecule has 0 radical (unpaired) electrons. The topological polar surface area (TPSA) is 50.2 Å². The van der Waals surface area contributed by atoms with Crippen molar-refractivity contribution in [2.24, 2.45) is 5.92 Å². The molecular formula is C17H18F4N4O. The zero-order valence-electron chi connectivity index (χ0n) is 14.3. The summed E-state index contributed by atoms with van der Waals surface area (Å²) >= 11 is 0. The maximum Gasteiger partial charge on any atom is 0.391 e. The van der Waals surface area contributed by atoms with Crippen LogP contribution in [0.15, 0.2) is 29.1 Å². The molecule has 2 aromatic rings. The highest BCUT2D eigenvalue weighted by Crippen LogP contribution is 2.31. The minimum absolute atomic E-state index is 0.00710. The van der Waals surface area contributed by atoms with Crippen LogP contribution >= 0.6 is 0 Å². The number of rotatable bonds is 4. The van der Waals surface area contributed by atoms with Crippen molar-refractivity contribution in [2.75, 3.05) is 23.4 Å². The van der Waals surface area contributed by atoms with Crippen molar-refractivity contribution >= 4 is 11.5 Å². The third kappa shape index (κ3) is 3.25. The Kier molecular flexibility index (Phi) is 4.64. The number of hydrogen-bond acceptors (Lipinski definition) is 4. The van der Waals surface area contributed by atoms with E-state index in [9.17, 15) is 22.4 Å². The fraction of sp³-hybridized carbons (Fsp3) is 0.412. The Hall–Kier alpha value is -2.58. The van der Waals surface area contributed by atoms with Gasteiger partial charge in [0.05, 0.1) is 18.3 Å². The molecule has 1 N–H and O–H groups in total. The first-order valence-electron chi connectivity index (χ1n) is 8.19. The van der Waals surface area contributed by atoms with E-state index in [1.54, 1.807) is 4.90 Å². The largest absolute Gasteiger partial charge is 0.391 e. The lowest BCUT2D eigenvalue weighted by molar-refractivity contribution is -0.169. The van der Waals surface area contributed by atoms with Gasteiger partial charge in [-0.25, -0.2) is 9.37 Å². The maximum atomic E-state index is 13.2. The Balaban J connectivity index is 2.18. The van der Waals surface area contributed by atoms with Gasteiger partial charge in [0.2, 0.25) is 0 Å². The average Bonchev–Trinajstić information content (AvgIpc) is 2.99. The molecular weight excluding hydrogens is 352 g/mol. The third-order valence-corrected chi connectivity index (χ3v) is 4.39. The molecule has 5 nitrogen and oxygen atoms in total. The van der Waals surface area contributed by atoms with Gasteiger partial charge in [0.15, 0.2) is 5.82 Å². The fourth-order valence-electron chi connectivity index (χ4n) is 2.83. The predicted molar refractivity (Wildman–Crippen MR) is 90.2 cm³/mol. The molecule has 1 aromatic heterocycles. The smallest absolute Gasteiger partial charge is 0.360 e. The highest BCUT2D eigenvalue weighted by atomic mass is 19.4. The van der Waals surface area contributed by atoms with Crippen molar-refractivity contribution in [2.45, 2.75) is 26.4 Å². The highest BCUT2D eigenvalue weighted by molar-refractivity contribution is 5.70. The second kappa shape index (κ2) is 6.62. The Morgan fingerprint density at radius 3 is 2.50 bits per heavy atom. The van der Waals surface area contributed by atoms with Gasteiger partial charge in [-0.05, 0) is 31.2 Å². The number of benzene rings is 1. The fourth-order valence-corrected chi connectivity index (χ4v) is 2.83. The second-order valence-electron chi connectivity index (χ2n) is 6.18. The molecule has 26 heavy (non-hydrogen) atoms. The van der Waals surface area contributed by atoms with Gasteiger partial charge in [-0.1, -0.05) is 6.92 Å². The molecule has 1 aliphatic rings. The van der Waals surface area contributed by atoms with Crippen LogP contribution in [0.4, 0.5) is 29.1 Å². The summed E-state index contributed by atoms with van der Waals surface area (Å²) in [6, 6.07) is 4.99. The van der Waals surface area contributed by atoms with Gasteiger partial charge >= 0.3 is 6.18 Å². The Bertz CT molecular complexity index is 861. The molecule has 0 spiro atoms. The Morgan fingerprint density at radius 1 is 1.27 bits per heavy atom. The van der Waals surface area contributed by atoms with E-state index in [4.69, 9.17) is 0 Å². The van der Waals surface area contributed by atoms with E-state index < -0.39 is 29.9 Å². The summed E-state index contributed by atoms with van der Waals surface area (Å²) < 4.78 is 53.5. The quantitative estimate of drug-likeness (QED) is 0.839. The molecule has 0 saturated carbocycles. The van der Waals surface area contributed by atoms with E-state index in [2.05, 4.69) is 10.3 Å². The Morgan fingerprint density at radius 2 is 1.92 bits per heavy atom. The first-order valence-corrected chi connectivity index (χ1v) is 8.19. The van der Waals surface area contributed by atoms with Crippen molar-refractivity contribution in [3.05, 3.63) is 46.3 Å². The molecule has 1 unspecified atom stereocenters. The van der Waals surface area contributed by atoms with Crippen LogP contribution in [-0.4, -0.2) is 28.9 Å². The highest BCUT2D eigenvalue weighted by Gasteiger charge is 2.37. The summed E-state index contributed by atoms with van der Waals surface area (Å²) in [6.07, 6.45) is -4.87. The van der Waals surface area contributed by atoms with Crippen LogP contribution in [0.3, 0.4) is 0 Å². The number of nitrogens with one attached hydrogen (secondary N) is 1. The number of fused-ring (bicyclic) bond motifs is 1. The molecule has 0 amide bonds. The van der Waals surface area contributed by atoms with E-state index in [0.29, 0.717) is 19.0 Å². The number of nitrogens with zero attached hydrogens (tertiary/aromatic N) is 3. The van der Waals surface area contributed by atoms with Crippen LogP contribution < -0.4 is 15.8 Å². The maximum absolute atomic E-state index is 13.2. The molecule has 3 rings (SSSR count). The lowest BCUT2D eigenvalue weighted by atomic mass is 10.1. The lowest BCUT2D eigenvalue weighted by Crippen LogP contribution is -2.30. The van der Waals surface area contributed by atoms with Gasteiger partial charge in [-0.2, -0.15) is 13.2 Å². The zero-order chi connectivity index (χ0) is 19.1. The van der Waals surface area contributed by atoms with Crippen LogP contribution in [0.5, 0.6) is 0 Å². The first-order chi connectivity index (χ1) is 12.2. The number of alkyl halides is 3. The molecule has 9 heteroatoms. The summed E-state index contributed by atoms with van der Waals surface area (Å²) in [5.41, 5.74) is 0.00865.